The van der Waals surface area contributed by atoms with Gasteiger partial charge in [-0.25, -0.2) is 9.97 Å². The number of aromatic nitrogens is 2. The predicted octanol–water partition coefficient (Wildman–Crippen LogP) is 1.74. The number of piperidine rings is 2. The summed E-state index contributed by atoms with van der Waals surface area (Å²) < 4.78 is 0. The summed E-state index contributed by atoms with van der Waals surface area (Å²) >= 11 is 0. The van der Waals surface area contributed by atoms with E-state index in [-0.39, 0.29) is 0 Å². The van der Waals surface area contributed by atoms with E-state index < -0.39 is 0 Å². The van der Waals surface area contributed by atoms with E-state index in [9.17, 15) is 0 Å². The lowest BCUT2D eigenvalue weighted by Crippen LogP contribution is -2.44. The Morgan fingerprint density at radius 2 is 2.00 bits per heavy atom. The van der Waals surface area contributed by atoms with Gasteiger partial charge in [-0.05, 0) is 43.6 Å². The molecular weight excluding hydrogens is 288 g/mol. The minimum atomic E-state index is 0.535. The molecule has 0 radical (unpaired) electrons. The number of nitrogens with two attached hydrogens (primary N) is 1. The van der Waals surface area contributed by atoms with Crippen molar-refractivity contribution in [3.8, 4) is 0 Å². The second-order valence-electron chi connectivity index (χ2n) is 6.90. The van der Waals surface area contributed by atoms with E-state index in [1.165, 1.54) is 25.7 Å². The van der Waals surface area contributed by atoms with Crippen LogP contribution in [0.4, 0.5) is 5.95 Å². The summed E-state index contributed by atoms with van der Waals surface area (Å²) in [6.45, 7) is 7.19. The van der Waals surface area contributed by atoms with E-state index in [0.717, 1.165) is 50.5 Å². The number of likely N-dealkylation sites (tertiary alicyclic amines) is 1. The first-order chi connectivity index (χ1) is 11.2. The van der Waals surface area contributed by atoms with Crippen LogP contribution in [0.5, 0.6) is 0 Å². The molecule has 2 fully saturated rings. The number of guanidine groups is 1. The zero-order valence-electron chi connectivity index (χ0n) is 14.1. The molecule has 126 valence electrons. The van der Waals surface area contributed by atoms with E-state index in [1.807, 2.05) is 6.07 Å². The maximum absolute atomic E-state index is 6.21. The largest absolute Gasteiger partial charge is 0.370 e. The molecule has 0 saturated carbocycles. The molecular formula is C17H28N6. The number of nitrogens with zero attached hydrogens (tertiary/aromatic N) is 5. The fraction of sp³-hybridized carbons (Fsp3) is 0.706. The van der Waals surface area contributed by atoms with Crippen LogP contribution in [-0.2, 0) is 0 Å². The van der Waals surface area contributed by atoms with Gasteiger partial charge in [0.25, 0.3) is 0 Å². The summed E-state index contributed by atoms with van der Waals surface area (Å²) in [5, 5.41) is 0. The van der Waals surface area contributed by atoms with Crippen LogP contribution in [0.1, 0.15) is 32.6 Å². The number of hydrogen-bond donors (Lipinski definition) is 1. The Labute approximate surface area is 138 Å². The lowest BCUT2D eigenvalue weighted by atomic mass is 9.98. The highest BCUT2D eigenvalue weighted by molar-refractivity contribution is 5.78. The third-order valence-electron chi connectivity index (χ3n) is 4.85. The van der Waals surface area contributed by atoms with E-state index in [0.29, 0.717) is 5.92 Å². The minimum Gasteiger partial charge on any atom is -0.370 e. The Morgan fingerprint density at radius 3 is 2.78 bits per heavy atom. The molecule has 2 N–H and O–H groups in total. The van der Waals surface area contributed by atoms with Gasteiger partial charge in [-0.2, -0.15) is 0 Å². The highest BCUT2D eigenvalue weighted by Gasteiger charge is 2.22. The van der Waals surface area contributed by atoms with Crippen molar-refractivity contribution in [3.63, 3.8) is 0 Å². The maximum atomic E-state index is 6.21. The van der Waals surface area contributed by atoms with E-state index >= 15 is 0 Å². The van der Waals surface area contributed by atoms with Crippen LogP contribution >= 0.6 is 0 Å². The van der Waals surface area contributed by atoms with Crippen LogP contribution < -0.4 is 10.6 Å². The van der Waals surface area contributed by atoms with Crippen LogP contribution in [0.2, 0.25) is 0 Å². The number of anilines is 1. The zero-order chi connectivity index (χ0) is 16.1. The van der Waals surface area contributed by atoms with Crippen LogP contribution in [0.3, 0.4) is 0 Å². The van der Waals surface area contributed by atoms with Gasteiger partial charge in [-0.15, -0.1) is 0 Å². The van der Waals surface area contributed by atoms with Gasteiger partial charge in [0, 0.05) is 45.1 Å². The topological polar surface area (TPSA) is 70.6 Å². The average Bonchev–Trinajstić information content (AvgIpc) is 2.61. The molecule has 1 aromatic heterocycles. The Bertz CT molecular complexity index is 517. The van der Waals surface area contributed by atoms with Gasteiger partial charge in [-0.3, -0.25) is 4.99 Å². The standard InChI is InChI=1S/C17H28N6/c1-14-5-2-9-22(12-14)16(18)21-11-15-6-3-10-23(13-15)17-19-7-4-8-20-17/h4,7-8,14-15H,2-3,5-6,9-13H2,1H3,(H2,18,21)/t14-,15+/m1/s1. The van der Waals surface area contributed by atoms with Crippen molar-refractivity contribution >= 4 is 11.9 Å². The van der Waals surface area contributed by atoms with Gasteiger partial charge in [-0.1, -0.05) is 6.92 Å². The SMILES string of the molecule is C[C@@H]1CCCN(C(N)=NC[C@@H]2CCCN(c3ncccn3)C2)C1. The van der Waals surface area contributed by atoms with Crippen molar-refractivity contribution in [2.24, 2.45) is 22.6 Å². The summed E-state index contributed by atoms with van der Waals surface area (Å²) in [6, 6.07) is 1.86. The molecule has 3 rings (SSSR count). The number of rotatable bonds is 3. The molecule has 0 amide bonds. The number of hydrogen-bond acceptors (Lipinski definition) is 4. The number of aliphatic imine (C=N–C) groups is 1. The van der Waals surface area contributed by atoms with Crippen LogP contribution in [0, 0.1) is 11.8 Å². The second kappa shape index (κ2) is 7.62. The quantitative estimate of drug-likeness (QED) is 0.679. The van der Waals surface area contributed by atoms with Gasteiger partial charge in [0.15, 0.2) is 5.96 Å². The predicted molar refractivity (Wildman–Crippen MR) is 93.4 cm³/mol. The van der Waals surface area contributed by atoms with Gasteiger partial charge in [0.1, 0.15) is 0 Å². The first-order valence-electron chi connectivity index (χ1n) is 8.79. The molecule has 6 heteroatoms. The highest BCUT2D eigenvalue weighted by Crippen LogP contribution is 2.20. The van der Waals surface area contributed by atoms with Crippen molar-refractivity contribution in [2.45, 2.75) is 32.6 Å². The van der Waals surface area contributed by atoms with E-state index in [1.54, 1.807) is 12.4 Å². The molecule has 6 nitrogen and oxygen atoms in total. The Hall–Kier alpha value is -1.85. The first-order valence-corrected chi connectivity index (χ1v) is 8.79. The van der Waals surface area contributed by atoms with Crippen LogP contribution in [0.25, 0.3) is 0 Å². The smallest absolute Gasteiger partial charge is 0.225 e. The van der Waals surface area contributed by atoms with E-state index in [2.05, 4.69) is 31.7 Å². The van der Waals surface area contributed by atoms with Crippen molar-refractivity contribution in [3.05, 3.63) is 18.5 Å². The Balaban J connectivity index is 1.54. The highest BCUT2D eigenvalue weighted by atomic mass is 15.3. The van der Waals surface area contributed by atoms with Crippen molar-refractivity contribution in [1.82, 2.24) is 14.9 Å². The monoisotopic (exact) mass is 316 g/mol. The van der Waals surface area contributed by atoms with Crippen molar-refractivity contribution < 1.29 is 0 Å². The maximum Gasteiger partial charge on any atom is 0.225 e. The molecule has 0 spiro atoms. The molecule has 2 aliphatic rings. The molecule has 3 heterocycles. The molecule has 0 aromatic carbocycles. The van der Waals surface area contributed by atoms with E-state index in [4.69, 9.17) is 5.73 Å². The van der Waals surface area contributed by atoms with Crippen molar-refractivity contribution in [1.29, 1.82) is 0 Å². The van der Waals surface area contributed by atoms with Gasteiger partial charge in [0.2, 0.25) is 5.95 Å². The Morgan fingerprint density at radius 1 is 1.22 bits per heavy atom. The molecule has 2 aliphatic heterocycles. The summed E-state index contributed by atoms with van der Waals surface area (Å²) in [4.78, 5) is 17.9. The van der Waals surface area contributed by atoms with Crippen LogP contribution in [0.15, 0.2) is 23.5 Å². The molecule has 2 saturated heterocycles. The summed E-state index contributed by atoms with van der Waals surface area (Å²) in [5.41, 5.74) is 6.21. The second-order valence-corrected chi connectivity index (χ2v) is 6.90. The zero-order valence-corrected chi connectivity index (χ0v) is 14.1. The summed E-state index contributed by atoms with van der Waals surface area (Å²) in [5.74, 6) is 2.81. The normalized spacial score (nSPS) is 26.4. The van der Waals surface area contributed by atoms with Crippen LogP contribution in [-0.4, -0.2) is 53.6 Å². The van der Waals surface area contributed by atoms with Gasteiger partial charge < -0.3 is 15.5 Å². The average molecular weight is 316 g/mol. The fourth-order valence-corrected chi connectivity index (χ4v) is 3.57. The minimum absolute atomic E-state index is 0.535. The first kappa shape index (κ1) is 16.0. The molecule has 23 heavy (non-hydrogen) atoms. The van der Waals surface area contributed by atoms with Gasteiger partial charge in [0.05, 0.1) is 0 Å². The van der Waals surface area contributed by atoms with Gasteiger partial charge >= 0.3 is 0 Å². The lowest BCUT2D eigenvalue weighted by molar-refractivity contribution is 0.269. The molecule has 1 aromatic rings. The molecule has 0 aliphatic carbocycles. The summed E-state index contributed by atoms with van der Waals surface area (Å²) in [7, 11) is 0. The molecule has 0 unspecified atom stereocenters. The summed E-state index contributed by atoms with van der Waals surface area (Å²) in [6.07, 6.45) is 8.51. The fourth-order valence-electron chi connectivity index (χ4n) is 3.57. The Kier molecular flexibility index (Phi) is 5.31. The molecule has 2 atom stereocenters. The van der Waals surface area contributed by atoms with Crippen molar-refractivity contribution in [2.75, 3.05) is 37.6 Å². The lowest BCUT2D eigenvalue weighted by Gasteiger charge is -2.33. The third-order valence-corrected chi connectivity index (χ3v) is 4.85. The third kappa shape index (κ3) is 4.33. The molecule has 0 bridgehead atoms.